The Morgan fingerprint density at radius 1 is 1.31 bits per heavy atom. The van der Waals surface area contributed by atoms with E-state index in [9.17, 15) is 4.79 Å². The van der Waals surface area contributed by atoms with Crippen molar-refractivity contribution in [3.63, 3.8) is 0 Å². The Morgan fingerprint density at radius 2 is 1.92 bits per heavy atom. The van der Waals surface area contributed by atoms with E-state index in [-0.39, 0.29) is 11.6 Å². The SMILES string of the molecule is CCC(C)(C)OCCCOC(C)=O. The van der Waals surface area contributed by atoms with Crippen molar-refractivity contribution in [3.8, 4) is 0 Å². The fourth-order valence-corrected chi connectivity index (χ4v) is 0.725. The zero-order chi connectivity index (χ0) is 10.3. The minimum absolute atomic E-state index is 0.0593. The van der Waals surface area contributed by atoms with E-state index in [1.807, 2.05) is 0 Å². The molecule has 0 atom stereocenters. The lowest BCUT2D eigenvalue weighted by Gasteiger charge is -2.23. The Bertz CT molecular complexity index is 152. The number of rotatable bonds is 6. The van der Waals surface area contributed by atoms with E-state index in [0.29, 0.717) is 13.2 Å². The van der Waals surface area contributed by atoms with Crippen LogP contribution in [0.3, 0.4) is 0 Å². The van der Waals surface area contributed by atoms with Crippen molar-refractivity contribution in [1.82, 2.24) is 0 Å². The van der Waals surface area contributed by atoms with Crippen LogP contribution in [0.4, 0.5) is 0 Å². The molecule has 0 unspecified atom stereocenters. The number of esters is 1. The minimum Gasteiger partial charge on any atom is -0.466 e. The van der Waals surface area contributed by atoms with Crippen LogP contribution in [0.2, 0.25) is 0 Å². The molecule has 0 rings (SSSR count). The highest BCUT2D eigenvalue weighted by Gasteiger charge is 2.14. The van der Waals surface area contributed by atoms with Gasteiger partial charge in [0.15, 0.2) is 0 Å². The van der Waals surface area contributed by atoms with Crippen LogP contribution in [-0.2, 0) is 14.3 Å². The number of carbonyl (C=O) groups is 1. The first-order valence-corrected chi connectivity index (χ1v) is 4.75. The molecule has 0 spiro atoms. The van der Waals surface area contributed by atoms with Gasteiger partial charge in [0.25, 0.3) is 0 Å². The van der Waals surface area contributed by atoms with Crippen LogP contribution < -0.4 is 0 Å². The largest absolute Gasteiger partial charge is 0.466 e. The molecule has 13 heavy (non-hydrogen) atoms. The standard InChI is InChI=1S/C10H20O3/c1-5-10(3,4)13-8-6-7-12-9(2)11/h5-8H2,1-4H3. The highest BCUT2D eigenvalue weighted by Crippen LogP contribution is 2.13. The molecule has 0 N–H and O–H groups in total. The third-order valence-electron chi connectivity index (χ3n) is 1.94. The Kier molecular flexibility index (Phi) is 5.71. The van der Waals surface area contributed by atoms with Crippen molar-refractivity contribution in [2.24, 2.45) is 0 Å². The van der Waals surface area contributed by atoms with E-state index in [1.54, 1.807) is 0 Å². The van der Waals surface area contributed by atoms with Gasteiger partial charge in [0, 0.05) is 13.3 Å². The summed E-state index contributed by atoms with van der Waals surface area (Å²) in [4.78, 5) is 10.4. The molecular weight excluding hydrogens is 168 g/mol. The normalized spacial score (nSPS) is 11.4. The second kappa shape index (κ2) is 5.97. The molecule has 3 heteroatoms. The third kappa shape index (κ3) is 7.78. The average Bonchev–Trinajstić information content (AvgIpc) is 2.03. The van der Waals surface area contributed by atoms with Gasteiger partial charge in [0.1, 0.15) is 0 Å². The summed E-state index contributed by atoms with van der Waals surface area (Å²) in [5.74, 6) is -0.227. The van der Waals surface area contributed by atoms with Crippen LogP contribution in [0.5, 0.6) is 0 Å². The average molecular weight is 188 g/mol. The van der Waals surface area contributed by atoms with Gasteiger partial charge in [-0.15, -0.1) is 0 Å². The van der Waals surface area contributed by atoms with Gasteiger partial charge in [-0.3, -0.25) is 4.79 Å². The van der Waals surface area contributed by atoms with E-state index in [1.165, 1.54) is 6.92 Å². The van der Waals surface area contributed by atoms with E-state index >= 15 is 0 Å². The van der Waals surface area contributed by atoms with E-state index < -0.39 is 0 Å². The zero-order valence-electron chi connectivity index (χ0n) is 9.05. The van der Waals surface area contributed by atoms with Gasteiger partial charge in [0.05, 0.1) is 18.8 Å². The maximum absolute atomic E-state index is 10.4. The number of carbonyl (C=O) groups excluding carboxylic acids is 1. The molecule has 0 aromatic rings. The molecular formula is C10H20O3. The molecule has 0 heterocycles. The summed E-state index contributed by atoms with van der Waals surface area (Å²) in [6.45, 7) is 8.71. The summed E-state index contributed by atoms with van der Waals surface area (Å²) in [5.41, 5.74) is -0.0593. The van der Waals surface area contributed by atoms with Crippen molar-refractivity contribution < 1.29 is 14.3 Å². The van der Waals surface area contributed by atoms with Crippen LogP contribution >= 0.6 is 0 Å². The quantitative estimate of drug-likeness (QED) is 0.473. The molecule has 0 bridgehead atoms. The van der Waals surface area contributed by atoms with Crippen LogP contribution in [0, 0.1) is 0 Å². The maximum Gasteiger partial charge on any atom is 0.302 e. The molecule has 0 fully saturated rings. The van der Waals surface area contributed by atoms with Gasteiger partial charge in [-0.1, -0.05) is 6.92 Å². The van der Waals surface area contributed by atoms with E-state index in [4.69, 9.17) is 9.47 Å². The van der Waals surface area contributed by atoms with Crippen LogP contribution in [0.1, 0.15) is 40.5 Å². The second-order valence-corrected chi connectivity index (χ2v) is 3.66. The highest BCUT2D eigenvalue weighted by molar-refractivity contribution is 5.65. The summed E-state index contributed by atoms with van der Waals surface area (Å²) in [6.07, 6.45) is 1.75. The molecule has 0 aliphatic rings. The molecule has 0 aliphatic carbocycles. The Hall–Kier alpha value is -0.570. The van der Waals surface area contributed by atoms with Gasteiger partial charge in [-0.2, -0.15) is 0 Å². The fourth-order valence-electron chi connectivity index (χ4n) is 0.725. The summed E-state index contributed by atoms with van der Waals surface area (Å²) < 4.78 is 10.3. The molecule has 0 saturated carbocycles. The van der Waals surface area contributed by atoms with Gasteiger partial charge in [-0.05, 0) is 20.3 Å². The molecule has 0 amide bonds. The van der Waals surface area contributed by atoms with Crippen molar-refractivity contribution in [3.05, 3.63) is 0 Å². The van der Waals surface area contributed by atoms with E-state index in [2.05, 4.69) is 20.8 Å². The molecule has 0 saturated heterocycles. The summed E-state index contributed by atoms with van der Waals surface area (Å²) >= 11 is 0. The zero-order valence-corrected chi connectivity index (χ0v) is 9.05. The van der Waals surface area contributed by atoms with Crippen molar-refractivity contribution >= 4 is 5.97 Å². The van der Waals surface area contributed by atoms with E-state index in [0.717, 1.165) is 12.8 Å². The smallest absolute Gasteiger partial charge is 0.302 e. The van der Waals surface area contributed by atoms with Gasteiger partial charge in [0.2, 0.25) is 0 Å². The van der Waals surface area contributed by atoms with Crippen molar-refractivity contribution in [2.75, 3.05) is 13.2 Å². The fraction of sp³-hybridized carbons (Fsp3) is 0.900. The maximum atomic E-state index is 10.4. The lowest BCUT2D eigenvalue weighted by Crippen LogP contribution is -2.24. The van der Waals surface area contributed by atoms with Gasteiger partial charge in [-0.25, -0.2) is 0 Å². The lowest BCUT2D eigenvalue weighted by atomic mass is 10.1. The minimum atomic E-state index is -0.227. The molecule has 0 aromatic carbocycles. The summed E-state index contributed by atoms with van der Waals surface area (Å²) in [6, 6.07) is 0. The molecule has 0 aliphatic heterocycles. The number of ether oxygens (including phenoxy) is 2. The van der Waals surface area contributed by atoms with Gasteiger partial charge < -0.3 is 9.47 Å². The van der Waals surface area contributed by atoms with Crippen LogP contribution in [0.15, 0.2) is 0 Å². The van der Waals surface area contributed by atoms with Gasteiger partial charge >= 0.3 is 5.97 Å². The second-order valence-electron chi connectivity index (χ2n) is 3.66. The summed E-state index contributed by atoms with van der Waals surface area (Å²) in [7, 11) is 0. The summed E-state index contributed by atoms with van der Waals surface area (Å²) in [5, 5.41) is 0. The highest BCUT2D eigenvalue weighted by atomic mass is 16.5. The number of hydrogen-bond donors (Lipinski definition) is 0. The van der Waals surface area contributed by atoms with Crippen LogP contribution in [0.25, 0.3) is 0 Å². The lowest BCUT2D eigenvalue weighted by molar-refractivity contribution is -0.141. The van der Waals surface area contributed by atoms with Crippen LogP contribution in [-0.4, -0.2) is 24.8 Å². The molecule has 78 valence electrons. The molecule has 3 nitrogen and oxygen atoms in total. The van der Waals surface area contributed by atoms with Crippen molar-refractivity contribution in [2.45, 2.75) is 46.1 Å². The molecule has 0 aromatic heterocycles. The van der Waals surface area contributed by atoms with Crippen molar-refractivity contribution in [1.29, 1.82) is 0 Å². The topological polar surface area (TPSA) is 35.5 Å². The Balaban J connectivity index is 3.30. The predicted octanol–water partition coefficient (Wildman–Crippen LogP) is 2.14. The molecule has 0 radical (unpaired) electrons. The Morgan fingerprint density at radius 3 is 2.38 bits per heavy atom. The monoisotopic (exact) mass is 188 g/mol. The third-order valence-corrected chi connectivity index (χ3v) is 1.94. The first kappa shape index (κ1) is 12.4. The first-order valence-electron chi connectivity index (χ1n) is 4.75. The predicted molar refractivity (Wildman–Crippen MR) is 51.6 cm³/mol. The number of hydrogen-bond acceptors (Lipinski definition) is 3. The Labute approximate surface area is 80.4 Å². The first-order chi connectivity index (χ1) is 5.98.